The van der Waals surface area contributed by atoms with Crippen LogP contribution in [0.3, 0.4) is 0 Å². The zero-order chi connectivity index (χ0) is 14.3. The average Bonchev–Trinajstić information content (AvgIpc) is 2.60. The van der Waals surface area contributed by atoms with Gasteiger partial charge >= 0.3 is 0 Å². The van der Waals surface area contributed by atoms with Crippen molar-refractivity contribution in [3.8, 4) is 0 Å². The van der Waals surface area contributed by atoms with Crippen LogP contribution in [0.1, 0.15) is 52.9 Å². The van der Waals surface area contributed by atoms with Gasteiger partial charge in [0, 0.05) is 19.1 Å². The van der Waals surface area contributed by atoms with E-state index in [9.17, 15) is 8.42 Å². The second-order valence-electron chi connectivity index (χ2n) is 5.88. The lowest BCUT2D eigenvalue weighted by atomic mass is 9.98. The van der Waals surface area contributed by atoms with E-state index < -0.39 is 10.0 Å². The quantitative estimate of drug-likeness (QED) is 0.731. The number of hydrogen-bond donors (Lipinski definition) is 1. The molecule has 1 fully saturated rings. The van der Waals surface area contributed by atoms with Crippen molar-refractivity contribution in [2.75, 3.05) is 25.4 Å². The zero-order valence-electron chi connectivity index (χ0n) is 12.7. The van der Waals surface area contributed by atoms with Gasteiger partial charge in [0.25, 0.3) is 0 Å². The van der Waals surface area contributed by atoms with Gasteiger partial charge in [0.1, 0.15) is 0 Å². The Morgan fingerprint density at radius 2 is 2.00 bits per heavy atom. The molecular weight excluding hydrogens is 260 g/mol. The van der Waals surface area contributed by atoms with Crippen LogP contribution < -0.4 is 5.32 Å². The highest BCUT2D eigenvalue weighted by molar-refractivity contribution is 7.89. The normalized spacial score (nSPS) is 22.6. The predicted molar refractivity (Wildman–Crippen MR) is 80.7 cm³/mol. The summed E-state index contributed by atoms with van der Waals surface area (Å²) in [6.45, 7) is 8.58. The molecule has 0 aromatic carbocycles. The molecule has 1 atom stereocenters. The van der Waals surface area contributed by atoms with E-state index in [2.05, 4.69) is 26.1 Å². The summed E-state index contributed by atoms with van der Waals surface area (Å²) in [6, 6.07) is 0.422. The molecule has 4 nitrogen and oxygen atoms in total. The third kappa shape index (κ3) is 6.23. The molecular formula is C14H30N2O2S. The average molecular weight is 290 g/mol. The maximum atomic E-state index is 12.3. The molecule has 1 unspecified atom stereocenters. The number of nitrogens with one attached hydrogen (secondary N) is 1. The number of rotatable bonds is 7. The van der Waals surface area contributed by atoms with Crippen molar-refractivity contribution in [1.82, 2.24) is 9.62 Å². The minimum atomic E-state index is -3.04. The van der Waals surface area contributed by atoms with E-state index >= 15 is 0 Å². The molecule has 1 aliphatic heterocycles. The van der Waals surface area contributed by atoms with Crippen molar-refractivity contribution < 1.29 is 8.42 Å². The Morgan fingerprint density at radius 1 is 1.26 bits per heavy atom. The molecule has 0 bridgehead atoms. The Balaban J connectivity index is 2.39. The summed E-state index contributed by atoms with van der Waals surface area (Å²) in [7, 11) is -3.04. The Kier molecular flexibility index (Phi) is 7.32. The van der Waals surface area contributed by atoms with Crippen LogP contribution in [0.5, 0.6) is 0 Å². The van der Waals surface area contributed by atoms with Crippen LogP contribution in [0.15, 0.2) is 0 Å². The van der Waals surface area contributed by atoms with Gasteiger partial charge in [0.15, 0.2) is 0 Å². The van der Waals surface area contributed by atoms with Gasteiger partial charge in [-0.1, -0.05) is 27.2 Å². The van der Waals surface area contributed by atoms with E-state index in [1.54, 1.807) is 4.31 Å². The highest BCUT2D eigenvalue weighted by Gasteiger charge is 2.24. The van der Waals surface area contributed by atoms with E-state index in [4.69, 9.17) is 0 Å². The molecule has 1 aliphatic rings. The molecule has 0 aromatic heterocycles. The Morgan fingerprint density at radius 3 is 2.63 bits per heavy atom. The summed E-state index contributed by atoms with van der Waals surface area (Å²) in [6.07, 6.45) is 5.10. The second-order valence-corrected chi connectivity index (χ2v) is 7.97. The van der Waals surface area contributed by atoms with Gasteiger partial charge in [-0.3, -0.25) is 0 Å². The van der Waals surface area contributed by atoms with Gasteiger partial charge in [-0.05, 0) is 38.1 Å². The minimum absolute atomic E-state index is 0.281. The number of sulfonamides is 1. The van der Waals surface area contributed by atoms with E-state index in [0.717, 1.165) is 32.5 Å². The third-order valence-corrected chi connectivity index (χ3v) is 5.87. The standard InChI is InChI=1S/C14H30N2O2S/c1-4-14-7-5-10-16(11-8-14)19(17,18)12-6-9-15-13(2)3/h13-15H,4-12H2,1-3H3. The first-order chi connectivity index (χ1) is 8.95. The fraction of sp³-hybridized carbons (Fsp3) is 1.00. The van der Waals surface area contributed by atoms with Gasteiger partial charge < -0.3 is 5.32 Å². The molecule has 0 aliphatic carbocycles. The van der Waals surface area contributed by atoms with Crippen molar-refractivity contribution in [2.24, 2.45) is 5.92 Å². The van der Waals surface area contributed by atoms with Crippen molar-refractivity contribution in [3.63, 3.8) is 0 Å². The molecule has 0 amide bonds. The summed E-state index contributed by atoms with van der Waals surface area (Å²) in [5.41, 5.74) is 0. The zero-order valence-corrected chi connectivity index (χ0v) is 13.5. The van der Waals surface area contributed by atoms with Gasteiger partial charge in [-0.25, -0.2) is 12.7 Å². The van der Waals surface area contributed by atoms with E-state index in [1.165, 1.54) is 12.8 Å². The highest BCUT2D eigenvalue weighted by atomic mass is 32.2. The number of hydrogen-bond acceptors (Lipinski definition) is 3. The molecule has 1 saturated heterocycles. The Hall–Kier alpha value is -0.130. The molecule has 0 spiro atoms. The molecule has 1 N–H and O–H groups in total. The Bertz CT molecular complexity index is 341. The smallest absolute Gasteiger partial charge is 0.214 e. The SMILES string of the molecule is CCC1CCCN(S(=O)(=O)CCCNC(C)C)CC1. The van der Waals surface area contributed by atoms with Crippen LogP contribution in [0, 0.1) is 5.92 Å². The fourth-order valence-corrected chi connectivity index (χ4v) is 4.16. The monoisotopic (exact) mass is 290 g/mol. The number of nitrogens with zero attached hydrogens (tertiary/aromatic N) is 1. The van der Waals surface area contributed by atoms with Crippen molar-refractivity contribution in [1.29, 1.82) is 0 Å². The van der Waals surface area contributed by atoms with Crippen molar-refractivity contribution in [2.45, 2.75) is 58.9 Å². The summed E-state index contributed by atoms with van der Waals surface area (Å²) < 4.78 is 26.3. The second kappa shape index (κ2) is 8.22. The van der Waals surface area contributed by atoms with Crippen molar-refractivity contribution in [3.05, 3.63) is 0 Å². The van der Waals surface area contributed by atoms with E-state index in [0.29, 0.717) is 18.4 Å². The van der Waals surface area contributed by atoms with Crippen molar-refractivity contribution >= 4 is 10.0 Å². The molecule has 5 heteroatoms. The molecule has 0 radical (unpaired) electrons. The van der Waals surface area contributed by atoms with Crippen LogP contribution in [-0.4, -0.2) is 44.2 Å². The van der Waals surface area contributed by atoms with Crippen LogP contribution in [0.25, 0.3) is 0 Å². The molecule has 114 valence electrons. The Labute approximate surface area is 119 Å². The molecule has 1 heterocycles. The van der Waals surface area contributed by atoms with Crippen LogP contribution in [0.4, 0.5) is 0 Å². The molecule has 1 rings (SSSR count). The third-order valence-electron chi connectivity index (χ3n) is 3.91. The summed E-state index contributed by atoms with van der Waals surface area (Å²) in [5.74, 6) is 0.992. The first-order valence-electron chi connectivity index (χ1n) is 7.67. The lowest BCUT2D eigenvalue weighted by molar-refractivity contribution is 0.406. The summed E-state index contributed by atoms with van der Waals surface area (Å²) in [4.78, 5) is 0. The lowest BCUT2D eigenvalue weighted by Crippen LogP contribution is -2.35. The molecule has 0 saturated carbocycles. The summed E-state index contributed by atoms with van der Waals surface area (Å²) >= 11 is 0. The van der Waals surface area contributed by atoms with E-state index in [1.807, 2.05) is 0 Å². The maximum Gasteiger partial charge on any atom is 0.214 e. The summed E-state index contributed by atoms with van der Waals surface area (Å²) in [5, 5.41) is 3.27. The van der Waals surface area contributed by atoms with Crippen LogP contribution >= 0.6 is 0 Å². The van der Waals surface area contributed by atoms with Gasteiger partial charge in [0.2, 0.25) is 10.0 Å². The largest absolute Gasteiger partial charge is 0.314 e. The van der Waals surface area contributed by atoms with Gasteiger partial charge in [-0.15, -0.1) is 0 Å². The van der Waals surface area contributed by atoms with E-state index in [-0.39, 0.29) is 5.75 Å². The fourth-order valence-electron chi connectivity index (χ4n) is 2.60. The molecule has 19 heavy (non-hydrogen) atoms. The van der Waals surface area contributed by atoms with Crippen LogP contribution in [-0.2, 0) is 10.0 Å². The predicted octanol–water partition coefficient (Wildman–Crippen LogP) is 2.22. The first-order valence-corrected chi connectivity index (χ1v) is 9.27. The first kappa shape index (κ1) is 16.9. The maximum absolute atomic E-state index is 12.3. The van der Waals surface area contributed by atoms with Gasteiger partial charge in [0.05, 0.1) is 5.75 Å². The minimum Gasteiger partial charge on any atom is -0.314 e. The van der Waals surface area contributed by atoms with Crippen LogP contribution in [0.2, 0.25) is 0 Å². The molecule has 0 aromatic rings. The highest BCUT2D eigenvalue weighted by Crippen LogP contribution is 2.22. The lowest BCUT2D eigenvalue weighted by Gasteiger charge is -2.20. The topological polar surface area (TPSA) is 49.4 Å². The van der Waals surface area contributed by atoms with Gasteiger partial charge in [-0.2, -0.15) is 0 Å².